The van der Waals surface area contributed by atoms with Crippen molar-refractivity contribution in [1.82, 2.24) is 4.90 Å². The zero-order chi connectivity index (χ0) is 20.9. The van der Waals surface area contributed by atoms with Gasteiger partial charge in [0.1, 0.15) is 0 Å². The smallest absolute Gasteiger partial charge is 0.256 e. The molecule has 0 aromatic heterocycles. The molecule has 2 aromatic carbocycles. The van der Waals surface area contributed by atoms with Crippen LogP contribution in [0.2, 0.25) is 0 Å². The number of carbonyl (C=O) groups excluding carboxylic acids is 2. The number of hydrogen-bond acceptors (Lipinski definition) is 3. The Morgan fingerprint density at radius 1 is 0.900 bits per heavy atom. The van der Waals surface area contributed by atoms with Crippen molar-refractivity contribution < 1.29 is 9.59 Å². The first-order valence-corrected chi connectivity index (χ1v) is 11.2. The maximum absolute atomic E-state index is 13.4. The van der Waals surface area contributed by atoms with Gasteiger partial charge in [0.05, 0.1) is 5.56 Å². The number of nitrogens with one attached hydrogen (secondary N) is 1. The van der Waals surface area contributed by atoms with E-state index in [0.717, 1.165) is 63.5 Å². The molecule has 0 saturated carbocycles. The molecule has 5 heteroatoms. The number of benzene rings is 2. The van der Waals surface area contributed by atoms with Crippen LogP contribution in [0.4, 0.5) is 11.4 Å². The summed E-state index contributed by atoms with van der Waals surface area (Å²) in [6, 6.07) is 15.0. The molecule has 1 N–H and O–H groups in total. The van der Waals surface area contributed by atoms with Crippen molar-refractivity contribution in [1.29, 1.82) is 0 Å². The summed E-state index contributed by atoms with van der Waals surface area (Å²) in [5.74, 6) is 0.651. The number of anilines is 2. The molecule has 2 amide bonds. The summed E-state index contributed by atoms with van der Waals surface area (Å²) in [4.78, 5) is 30.3. The molecule has 158 valence electrons. The number of amides is 2. The minimum Gasteiger partial charge on any atom is -0.371 e. The van der Waals surface area contributed by atoms with Crippen LogP contribution in [0.3, 0.4) is 0 Å². The molecule has 2 aliphatic rings. The average Bonchev–Trinajstić information content (AvgIpc) is 2.80. The Hall–Kier alpha value is -2.82. The molecule has 2 fully saturated rings. The third kappa shape index (κ3) is 4.66. The highest BCUT2D eigenvalue weighted by molar-refractivity contribution is 6.06. The van der Waals surface area contributed by atoms with Gasteiger partial charge in [-0.05, 0) is 68.4 Å². The van der Waals surface area contributed by atoms with Gasteiger partial charge in [0.2, 0.25) is 0 Å². The molecule has 0 bridgehead atoms. The lowest BCUT2D eigenvalue weighted by Gasteiger charge is -2.35. The van der Waals surface area contributed by atoms with E-state index in [1.807, 2.05) is 41.3 Å². The molecule has 0 spiro atoms. The summed E-state index contributed by atoms with van der Waals surface area (Å²) in [6.07, 6.45) is 5.60. The molecule has 2 saturated heterocycles. The fourth-order valence-electron chi connectivity index (χ4n) is 4.37. The number of piperidine rings is 2. The van der Waals surface area contributed by atoms with Crippen LogP contribution in [-0.4, -0.2) is 42.9 Å². The van der Waals surface area contributed by atoms with Crippen LogP contribution in [0, 0.1) is 5.92 Å². The topological polar surface area (TPSA) is 52.7 Å². The van der Waals surface area contributed by atoms with Gasteiger partial charge >= 0.3 is 0 Å². The summed E-state index contributed by atoms with van der Waals surface area (Å²) in [6.45, 7) is 5.86. The molecule has 30 heavy (non-hydrogen) atoms. The van der Waals surface area contributed by atoms with Gasteiger partial charge in [-0.25, -0.2) is 0 Å². The largest absolute Gasteiger partial charge is 0.371 e. The van der Waals surface area contributed by atoms with E-state index in [9.17, 15) is 9.59 Å². The van der Waals surface area contributed by atoms with Crippen LogP contribution in [0.15, 0.2) is 48.5 Å². The van der Waals surface area contributed by atoms with Crippen molar-refractivity contribution in [3.8, 4) is 0 Å². The second-order valence-corrected chi connectivity index (χ2v) is 8.57. The lowest BCUT2D eigenvalue weighted by atomic mass is 9.97. The Labute approximate surface area is 179 Å². The normalized spacial score (nSPS) is 17.6. The van der Waals surface area contributed by atoms with Crippen LogP contribution in [0.25, 0.3) is 0 Å². The van der Waals surface area contributed by atoms with Gasteiger partial charge < -0.3 is 15.1 Å². The van der Waals surface area contributed by atoms with Gasteiger partial charge in [0, 0.05) is 43.1 Å². The lowest BCUT2D eigenvalue weighted by molar-refractivity contribution is 0.0724. The van der Waals surface area contributed by atoms with Gasteiger partial charge in [-0.15, -0.1) is 0 Å². The maximum Gasteiger partial charge on any atom is 0.256 e. The summed E-state index contributed by atoms with van der Waals surface area (Å²) in [5.41, 5.74) is 2.97. The number of likely N-dealkylation sites (tertiary alicyclic amines) is 1. The van der Waals surface area contributed by atoms with E-state index in [1.54, 1.807) is 12.1 Å². The van der Waals surface area contributed by atoms with Gasteiger partial charge in [0.15, 0.2) is 0 Å². The van der Waals surface area contributed by atoms with Gasteiger partial charge in [0.25, 0.3) is 11.8 Å². The van der Waals surface area contributed by atoms with Crippen LogP contribution in [0.5, 0.6) is 0 Å². The van der Waals surface area contributed by atoms with Crippen molar-refractivity contribution in [2.45, 2.75) is 39.0 Å². The zero-order valence-corrected chi connectivity index (χ0v) is 17.8. The van der Waals surface area contributed by atoms with Crippen LogP contribution < -0.4 is 10.2 Å². The van der Waals surface area contributed by atoms with E-state index in [4.69, 9.17) is 0 Å². The highest BCUT2D eigenvalue weighted by Crippen LogP contribution is 2.30. The van der Waals surface area contributed by atoms with Crippen molar-refractivity contribution in [3.05, 3.63) is 59.7 Å². The Kier molecular flexibility index (Phi) is 6.36. The van der Waals surface area contributed by atoms with E-state index in [2.05, 4.69) is 17.1 Å². The van der Waals surface area contributed by atoms with Crippen molar-refractivity contribution in [3.63, 3.8) is 0 Å². The first-order valence-electron chi connectivity index (χ1n) is 11.2. The van der Waals surface area contributed by atoms with Crippen molar-refractivity contribution >= 4 is 23.2 Å². The Morgan fingerprint density at radius 2 is 1.60 bits per heavy atom. The molecule has 0 unspecified atom stereocenters. The fourth-order valence-corrected chi connectivity index (χ4v) is 4.37. The number of rotatable bonds is 4. The third-order valence-corrected chi connectivity index (χ3v) is 6.29. The minimum absolute atomic E-state index is 0.0825. The number of hydrogen-bond donors (Lipinski definition) is 1. The first kappa shape index (κ1) is 20.5. The van der Waals surface area contributed by atoms with Gasteiger partial charge in [-0.2, -0.15) is 0 Å². The first-order chi connectivity index (χ1) is 14.6. The molecule has 2 aromatic rings. The standard InChI is InChI=1S/C25H31N3O2/c1-19-12-16-27(17-13-19)23-11-10-21(26-24(29)20-8-4-2-5-9-20)18-22(23)25(30)28-14-6-3-7-15-28/h2,4-5,8-11,18-19H,3,6-7,12-17H2,1H3,(H,26,29). The van der Waals surface area contributed by atoms with Crippen LogP contribution in [-0.2, 0) is 0 Å². The monoisotopic (exact) mass is 405 g/mol. The molecule has 2 heterocycles. The van der Waals surface area contributed by atoms with Crippen molar-refractivity contribution in [2.75, 3.05) is 36.4 Å². The molecule has 0 radical (unpaired) electrons. The zero-order valence-electron chi connectivity index (χ0n) is 17.8. The summed E-state index contributed by atoms with van der Waals surface area (Å²) >= 11 is 0. The Morgan fingerprint density at radius 3 is 2.30 bits per heavy atom. The van der Waals surface area contributed by atoms with Gasteiger partial charge in [-0.1, -0.05) is 25.1 Å². The van der Waals surface area contributed by atoms with Crippen LogP contribution >= 0.6 is 0 Å². The third-order valence-electron chi connectivity index (χ3n) is 6.29. The fraction of sp³-hybridized carbons (Fsp3) is 0.440. The maximum atomic E-state index is 13.4. The van der Waals surface area contributed by atoms with E-state index in [1.165, 1.54) is 6.42 Å². The van der Waals surface area contributed by atoms with Gasteiger partial charge in [-0.3, -0.25) is 9.59 Å². The summed E-state index contributed by atoms with van der Waals surface area (Å²) in [5, 5.41) is 2.97. The highest BCUT2D eigenvalue weighted by atomic mass is 16.2. The SMILES string of the molecule is CC1CCN(c2ccc(NC(=O)c3ccccc3)cc2C(=O)N2CCCCC2)CC1. The number of carbonyl (C=O) groups is 2. The predicted octanol–water partition coefficient (Wildman–Crippen LogP) is 4.80. The second-order valence-electron chi connectivity index (χ2n) is 8.57. The molecule has 0 atom stereocenters. The predicted molar refractivity (Wildman–Crippen MR) is 121 cm³/mol. The molecule has 0 aliphatic carbocycles. The molecular formula is C25H31N3O2. The molecule has 2 aliphatic heterocycles. The molecule has 4 rings (SSSR count). The van der Waals surface area contributed by atoms with E-state index >= 15 is 0 Å². The molecule has 5 nitrogen and oxygen atoms in total. The number of nitrogens with zero attached hydrogens (tertiary/aromatic N) is 2. The minimum atomic E-state index is -0.161. The summed E-state index contributed by atoms with van der Waals surface area (Å²) in [7, 11) is 0. The van der Waals surface area contributed by atoms with E-state index < -0.39 is 0 Å². The molecular weight excluding hydrogens is 374 g/mol. The van der Waals surface area contributed by atoms with Crippen molar-refractivity contribution in [2.24, 2.45) is 5.92 Å². The lowest BCUT2D eigenvalue weighted by Crippen LogP contribution is -2.38. The quantitative estimate of drug-likeness (QED) is 0.795. The second kappa shape index (κ2) is 9.33. The van der Waals surface area contributed by atoms with E-state index in [0.29, 0.717) is 16.8 Å². The highest BCUT2D eigenvalue weighted by Gasteiger charge is 2.25. The summed E-state index contributed by atoms with van der Waals surface area (Å²) < 4.78 is 0. The Balaban J connectivity index is 1.61. The Bertz CT molecular complexity index is 883. The van der Waals surface area contributed by atoms with E-state index in [-0.39, 0.29) is 11.8 Å². The van der Waals surface area contributed by atoms with Crippen LogP contribution in [0.1, 0.15) is 59.7 Å². The average molecular weight is 406 g/mol.